The van der Waals surface area contributed by atoms with Crippen molar-refractivity contribution >= 4 is 5.91 Å². The van der Waals surface area contributed by atoms with Gasteiger partial charge < -0.3 is 11.1 Å². The molecule has 6 heteroatoms. The molecule has 2 unspecified atom stereocenters. The molecule has 1 aliphatic carbocycles. The highest BCUT2D eigenvalue weighted by Crippen LogP contribution is 2.43. The molecule has 0 saturated heterocycles. The zero-order valence-electron chi connectivity index (χ0n) is 11.4. The van der Waals surface area contributed by atoms with Crippen molar-refractivity contribution in [1.82, 2.24) is 5.32 Å². The molecule has 102 valence electrons. The summed E-state index contributed by atoms with van der Waals surface area (Å²) in [4.78, 5) is 14.5. The molecule has 1 aliphatic rings. The van der Waals surface area contributed by atoms with Gasteiger partial charge in [0.05, 0.1) is 5.54 Å². The summed E-state index contributed by atoms with van der Waals surface area (Å²) in [5.74, 6) is 0.149. The third-order valence-electron chi connectivity index (χ3n) is 3.59. The van der Waals surface area contributed by atoms with Gasteiger partial charge in [-0.15, -0.1) is 0 Å². The summed E-state index contributed by atoms with van der Waals surface area (Å²) in [5, 5.41) is 6.68. The van der Waals surface area contributed by atoms with Crippen molar-refractivity contribution < 1.29 is 4.79 Å². The van der Waals surface area contributed by atoms with E-state index in [0.29, 0.717) is 19.0 Å². The average molecular weight is 253 g/mol. The molecule has 0 heterocycles. The number of azide groups is 1. The Kier molecular flexibility index (Phi) is 4.59. The van der Waals surface area contributed by atoms with E-state index in [1.54, 1.807) is 0 Å². The smallest absolute Gasteiger partial charge is 0.237 e. The molecule has 0 bridgehead atoms. The summed E-state index contributed by atoms with van der Waals surface area (Å²) in [6.45, 7) is 7.29. The number of primary amides is 1. The Balaban J connectivity index is 2.79. The minimum Gasteiger partial charge on any atom is -0.368 e. The second-order valence-corrected chi connectivity index (χ2v) is 6.18. The Morgan fingerprint density at radius 1 is 1.56 bits per heavy atom. The number of nitrogens with one attached hydrogen (secondary N) is 1. The Labute approximate surface area is 108 Å². The van der Waals surface area contributed by atoms with Gasteiger partial charge in [0, 0.05) is 18.0 Å². The van der Waals surface area contributed by atoms with E-state index in [9.17, 15) is 4.79 Å². The zero-order chi connectivity index (χ0) is 13.8. The Hall–Kier alpha value is -1.26. The molecule has 0 radical (unpaired) electrons. The number of hydrogen-bond donors (Lipinski definition) is 2. The van der Waals surface area contributed by atoms with Crippen LogP contribution in [0.4, 0.5) is 0 Å². The lowest BCUT2D eigenvalue weighted by molar-refractivity contribution is -0.128. The van der Waals surface area contributed by atoms with Gasteiger partial charge >= 0.3 is 0 Å². The maximum Gasteiger partial charge on any atom is 0.237 e. The van der Waals surface area contributed by atoms with Crippen molar-refractivity contribution in [2.75, 3.05) is 13.1 Å². The maximum atomic E-state index is 11.8. The Morgan fingerprint density at radius 3 is 2.72 bits per heavy atom. The second-order valence-electron chi connectivity index (χ2n) is 6.18. The van der Waals surface area contributed by atoms with E-state index in [4.69, 9.17) is 11.3 Å². The lowest BCUT2D eigenvalue weighted by Gasteiger charge is -2.46. The molecule has 2 atom stereocenters. The molecule has 0 spiro atoms. The molecule has 0 aromatic carbocycles. The molecular formula is C12H23N5O. The number of hydrogen-bond acceptors (Lipinski definition) is 3. The van der Waals surface area contributed by atoms with Crippen LogP contribution in [-0.2, 0) is 4.79 Å². The van der Waals surface area contributed by atoms with Crippen molar-refractivity contribution in [3.63, 3.8) is 0 Å². The predicted octanol–water partition coefficient (Wildman–Crippen LogP) is 1.96. The van der Waals surface area contributed by atoms with Crippen LogP contribution < -0.4 is 11.1 Å². The Bertz CT molecular complexity index is 361. The van der Waals surface area contributed by atoms with Crippen molar-refractivity contribution in [2.45, 2.75) is 45.6 Å². The first-order valence-electron chi connectivity index (χ1n) is 6.37. The largest absolute Gasteiger partial charge is 0.368 e. The van der Waals surface area contributed by atoms with Crippen molar-refractivity contribution in [1.29, 1.82) is 0 Å². The van der Waals surface area contributed by atoms with Crippen LogP contribution in [-0.4, -0.2) is 24.5 Å². The van der Waals surface area contributed by atoms with Gasteiger partial charge in [-0.3, -0.25) is 4.79 Å². The van der Waals surface area contributed by atoms with E-state index >= 15 is 0 Å². The monoisotopic (exact) mass is 253 g/mol. The van der Waals surface area contributed by atoms with Crippen LogP contribution in [0.25, 0.3) is 10.4 Å². The van der Waals surface area contributed by atoms with Crippen molar-refractivity contribution in [3.05, 3.63) is 10.4 Å². The maximum absolute atomic E-state index is 11.8. The van der Waals surface area contributed by atoms with E-state index in [2.05, 4.69) is 36.1 Å². The van der Waals surface area contributed by atoms with E-state index in [-0.39, 0.29) is 11.3 Å². The third-order valence-corrected chi connectivity index (χ3v) is 3.59. The van der Waals surface area contributed by atoms with E-state index in [1.807, 2.05) is 0 Å². The molecule has 0 aromatic rings. The van der Waals surface area contributed by atoms with Gasteiger partial charge in [0.25, 0.3) is 0 Å². The lowest BCUT2D eigenvalue weighted by Crippen LogP contribution is -2.61. The van der Waals surface area contributed by atoms with Gasteiger partial charge in [-0.25, -0.2) is 0 Å². The van der Waals surface area contributed by atoms with Crippen LogP contribution in [0.3, 0.4) is 0 Å². The van der Waals surface area contributed by atoms with Crippen molar-refractivity contribution in [2.24, 2.45) is 22.2 Å². The number of rotatable bonds is 5. The molecule has 1 rings (SSSR count). The van der Waals surface area contributed by atoms with Crippen LogP contribution in [0.1, 0.15) is 40.0 Å². The average Bonchev–Trinajstić information content (AvgIpc) is 2.21. The summed E-state index contributed by atoms with van der Waals surface area (Å²) in [5.41, 5.74) is 13.3. The fraction of sp³-hybridized carbons (Fsp3) is 0.917. The Morgan fingerprint density at radius 2 is 2.22 bits per heavy atom. The van der Waals surface area contributed by atoms with Crippen LogP contribution in [0, 0.1) is 11.3 Å². The zero-order valence-corrected chi connectivity index (χ0v) is 11.4. The number of nitrogens with two attached hydrogens (primary N) is 1. The van der Waals surface area contributed by atoms with Crippen LogP contribution in [0.2, 0.25) is 0 Å². The highest BCUT2D eigenvalue weighted by Gasteiger charge is 2.46. The number of nitrogens with zero attached hydrogens (tertiary/aromatic N) is 3. The van der Waals surface area contributed by atoms with Gasteiger partial charge in [0.1, 0.15) is 0 Å². The SMILES string of the molecule is CC1CC(C)(C)CC(NCCN=[N+]=[N-])(C(N)=O)C1. The molecule has 6 nitrogen and oxygen atoms in total. The minimum absolute atomic E-state index is 0.0954. The van der Waals surface area contributed by atoms with E-state index < -0.39 is 5.54 Å². The molecule has 1 saturated carbocycles. The summed E-state index contributed by atoms with van der Waals surface area (Å²) in [6, 6.07) is 0. The lowest BCUT2D eigenvalue weighted by atomic mass is 9.64. The molecule has 1 fully saturated rings. The third kappa shape index (κ3) is 3.62. The summed E-state index contributed by atoms with van der Waals surface area (Å²) in [7, 11) is 0. The minimum atomic E-state index is -0.661. The molecule has 0 aliphatic heterocycles. The highest BCUT2D eigenvalue weighted by atomic mass is 16.1. The first-order chi connectivity index (χ1) is 8.31. The molecule has 1 amide bonds. The summed E-state index contributed by atoms with van der Waals surface area (Å²) >= 11 is 0. The number of carbonyl (C=O) groups is 1. The topological polar surface area (TPSA) is 104 Å². The number of carbonyl (C=O) groups excluding carboxylic acids is 1. The quantitative estimate of drug-likeness (QED) is 0.338. The fourth-order valence-corrected chi connectivity index (χ4v) is 3.37. The fourth-order valence-electron chi connectivity index (χ4n) is 3.37. The van der Waals surface area contributed by atoms with Crippen molar-refractivity contribution in [3.8, 4) is 0 Å². The standard InChI is InChI=1S/C12H23N5O/c1-9-6-11(2,3)8-12(7-9,10(13)18)15-4-5-16-17-14/h9,15H,4-8H2,1-3H3,(H2,13,18). The number of amides is 1. The van der Waals surface area contributed by atoms with E-state index in [1.165, 1.54) is 0 Å². The van der Waals surface area contributed by atoms with Gasteiger partial charge in [0.15, 0.2) is 0 Å². The normalized spacial score (nSPS) is 30.5. The van der Waals surface area contributed by atoms with Gasteiger partial charge in [-0.05, 0) is 36.1 Å². The molecule has 18 heavy (non-hydrogen) atoms. The molecule has 3 N–H and O–H groups in total. The predicted molar refractivity (Wildman–Crippen MR) is 70.7 cm³/mol. The van der Waals surface area contributed by atoms with Gasteiger partial charge in [-0.1, -0.05) is 25.9 Å². The highest BCUT2D eigenvalue weighted by molar-refractivity contribution is 5.85. The van der Waals surface area contributed by atoms with E-state index in [0.717, 1.165) is 19.3 Å². The van der Waals surface area contributed by atoms with Gasteiger partial charge in [-0.2, -0.15) is 0 Å². The van der Waals surface area contributed by atoms with Gasteiger partial charge in [0.2, 0.25) is 5.91 Å². The first-order valence-corrected chi connectivity index (χ1v) is 6.37. The second kappa shape index (κ2) is 5.59. The van der Waals surface area contributed by atoms with Crippen LogP contribution in [0.5, 0.6) is 0 Å². The van der Waals surface area contributed by atoms with Crippen LogP contribution in [0.15, 0.2) is 5.11 Å². The first kappa shape index (κ1) is 14.8. The summed E-state index contributed by atoms with van der Waals surface area (Å²) in [6.07, 6.45) is 2.58. The van der Waals surface area contributed by atoms with Crippen LogP contribution >= 0.6 is 0 Å². The summed E-state index contributed by atoms with van der Waals surface area (Å²) < 4.78 is 0. The molecular weight excluding hydrogens is 230 g/mol. The molecule has 0 aromatic heterocycles.